The highest BCUT2D eigenvalue weighted by Gasteiger charge is 2.49. The summed E-state index contributed by atoms with van der Waals surface area (Å²) in [6.07, 6.45) is 5.26. The Morgan fingerprint density at radius 2 is 1.95 bits per heavy atom. The predicted molar refractivity (Wildman–Crippen MR) is 88.2 cm³/mol. The minimum atomic E-state index is 0.264. The summed E-state index contributed by atoms with van der Waals surface area (Å²) < 4.78 is 0. The first kappa shape index (κ1) is 13.4. The zero-order chi connectivity index (χ0) is 14.8. The molecule has 2 aliphatic carbocycles. The maximum Gasteiger partial charge on any atom is 0.0550 e. The lowest BCUT2D eigenvalue weighted by Gasteiger charge is -2.55. The summed E-state index contributed by atoms with van der Waals surface area (Å²) in [6, 6.07) is 4.98. The SMILES string of the molecule is CC1[C@H]2Cc3cc(N)c(N)cc3[C@]1(C)CCN2CC1CC1. The average molecular weight is 285 g/mol. The van der Waals surface area contributed by atoms with Gasteiger partial charge in [0.1, 0.15) is 0 Å². The first-order valence-corrected chi connectivity index (χ1v) is 8.41. The lowest BCUT2D eigenvalue weighted by Crippen LogP contribution is -2.58. The fraction of sp³-hybridized carbons (Fsp3) is 0.667. The number of nitrogen functional groups attached to an aromatic ring is 2. The first-order valence-electron chi connectivity index (χ1n) is 8.41. The molecular formula is C18H27N3. The number of nitrogens with two attached hydrogens (primary N) is 2. The van der Waals surface area contributed by atoms with Crippen LogP contribution in [0.3, 0.4) is 0 Å². The number of hydrogen-bond donors (Lipinski definition) is 2. The van der Waals surface area contributed by atoms with Crippen molar-refractivity contribution in [2.24, 2.45) is 11.8 Å². The highest BCUT2D eigenvalue weighted by Crippen LogP contribution is 2.50. The Morgan fingerprint density at radius 3 is 2.67 bits per heavy atom. The number of hydrogen-bond acceptors (Lipinski definition) is 3. The third-order valence-electron chi connectivity index (χ3n) is 6.51. The average Bonchev–Trinajstić information content (AvgIpc) is 3.24. The summed E-state index contributed by atoms with van der Waals surface area (Å²) in [7, 11) is 0. The number of rotatable bonds is 2. The predicted octanol–water partition coefficient (Wildman–Crippen LogP) is 2.79. The molecule has 3 nitrogen and oxygen atoms in total. The summed E-state index contributed by atoms with van der Waals surface area (Å²) in [5, 5.41) is 0. The Hall–Kier alpha value is -1.22. The molecule has 21 heavy (non-hydrogen) atoms. The fourth-order valence-corrected chi connectivity index (χ4v) is 4.66. The number of benzene rings is 1. The van der Waals surface area contributed by atoms with E-state index in [1.165, 1.54) is 43.5 Å². The van der Waals surface area contributed by atoms with Gasteiger partial charge in [-0.2, -0.15) is 0 Å². The Morgan fingerprint density at radius 1 is 1.24 bits per heavy atom. The van der Waals surface area contributed by atoms with Gasteiger partial charge in [0.25, 0.3) is 0 Å². The minimum absolute atomic E-state index is 0.264. The molecule has 0 spiro atoms. The summed E-state index contributed by atoms with van der Waals surface area (Å²) in [6.45, 7) is 7.43. The van der Waals surface area contributed by atoms with Crippen LogP contribution in [0.15, 0.2) is 12.1 Å². The van der Waals surface area contributed by atoms with Crippen molar-refractivity contribution in [3.8, 4) is 0 Å². The van der Waals surface area contributed by atoms with Gasteiger partial charge in [-0.1, -0.05) is 13.8 Å². The van der Waals surface area contributed by atoms with Crippen LogP contribution in [0.1, 0.15) is 44.2 Å². The zero-order valence-electron chi connectivity index (χ0n) is 13.2. The van der Waals surface area contributed by atoms with Gasteiger partial charge in [0.2, 0.25) is 0 Å². The number of fused-ring (bicyclic) bond motifs is 4. The second-order valence-electron chi connectivity index (χ2n) is 7.80. The van der Waals surface area contributed by atoms with Gasteiger partial charge in [-0.05, 0) is 72.7 Å². The van der Waals surface area contributed by atoms with Crippen molar-refractivity contribution in [2.75, 3.05) is 24.6 Å². The van der Waals surface area contributed by atoms with Gasteiger partial charge in [0.15, 0.2) is 0 Å². The molecule has 1 aliphatic heterocycles. The summed E-state index contributed by atoms with van der Waals surface area (Å²) in [4.78, 5) is 2.76. The normalized spacial score (nSPS) is 35.5. The van der Waals surface area contributed by atoms with Crippen molar-refractivity contribution in [3.05, 3.63) is 23.3 Å². The lowest BCUT2D eigenvalue weighted by atomic mass is 9.59. The molecular weight excluding hydrogens is 258 g/mol. The van der Waals surface area contributed by atoms with Crippen molar-refractivity contribution in [3.63, 3.8) is 0 Å². The number of nitrogens with zero attached hydrogens (tertiary/aromatic N) is 1. The van der Waals surface area contributed by atoms with Crippen molar-refractivity contribution in [2.45, 2.75) is 51.0 Å². The van der Waals surface area contributed by atoms with E-state index in [0.29, 0.717) is 12.0 Å². The van der Waals surface area contributed by atoms with Crippen LogP contribution in [0.2, 0.25) is 0 Å². The third-order valence-corrected chi connectivity index (χ3v) is 6.51. The zero-order valence-corrected chi connectivity index (χ0v) is 13.2. The quantitative estimate of drug-likeness (QED) is 0.822. The molecule has 4 N–H and O–H groups in total. The molecule has 3 atom stereocenters. The van der Waals surface area contributed by atoms with Crippen molar-refractivity contribution in [1.82, 2.24) is 4.90 Å². The van der Waals surface area contributed by atoms with Crippen LogP contribution >= 0.6 is 0 Å². The van der Waals surface area contributed by atoms with Crippen LogP contribution in [0, 0.1) is 11.8 Å². The summed E-state index contributed by atoms with van der Waals surface area (Å²) in [5.74, 6) is 1.67. The minimum Gasteiger partial charge on any atom is -0.397 e. The third kappa shape index (κ3) is 1.97. The molecule has 1 aromatic carbocycles. The van der Waals surface area contributed by atoms with E-state index < -0.39 is 0 Å². The monoisotopic (exact) mass is 285 g/mol. The van der Waals surface area contributed by atoms with E-state index in [4.69, 9.17) is 11.5 Å². The first-order chi connectivity index (χ1) is 9.99. The van der Waals surface area contributed by atoms with E-state index in [9.17, 15) is 0 Å². The van der Waals surface area contributed by atoms with Crippen molar-refractivity contribution >= 4 is 11.4 Å². The standard InChI is InChI=1S/C18H27N3/c1-11-17-8-13-7-15(19)16(20)9-14(13)18(11,2)5-6-21(17)10-12-3-4-12/h7,9,11-12,17H,3-6,8,10,19-20H2,1-2H3/t11?,17-,18-/m1/s1. The molecule has 1 unspecified atom stereocenters. The van der Waals surface area contributed by atoms with Gasteiger partial charge >= 0.3 is 0 Å². The molecule has 0 radical (unpaired) electrons. The van der Waals surface area contributed by atoms with Crippen LogP contribution in [0.5, 0.6) is 0 Å². The van der Waals surface area contributed by atoms with Crippen molar-refractivity contribution in [1.29, 1.82) is 0 Å². The maximum atomic E-state index is 6.08. The summed E-state index contributed by atoms with van der Waals surface area (Å²) in [5.41, 5.74) is 16.8. The van der Waals surface area contributed by atoms with E-state index in [1.807, 2.05) is 0 Å². The number of anilines is 2. The maximum absolute atomic E-state index is 6.08. The van der Waals surface area contributed by atoms with Crippen LogP contribution < -0.4 is 11.5 Å². The number of piperidine rings is 1. The van der Waals surface area contributed by atoms with E-state index in [2.05, 4.69) is 30.9 Å². The molecule has 114 valence electrons. The molecule has 3 heteroatoms. The van der Waals surface area contributed by atoms with Gasteiger partial charge in [0.05, 0.1) is 11.4 Å². The molecule has 2 bridgehead atoms. The molecule has 1 saturated carbocycles. The highest BCUT2D eigenvalue weighted by molar-refractivity contribution is 5.67. The Bertz CT molecular complexity index is 578. The van der Waals surface area contributed by atoms with Gasteiger partial charge in [-0.15, -0.1) is 0 Å². The van der Waals surface area contributed by atoms with E-state index in [1.54, 1.807) is 0 Å². The largest absolute Gasteiger partial charge is 0.397 e. The van der Waals surface area contributed by atoms with E-state index >= 15 is 0 Å². The van der Waals surface area contributed by atoms with Gasteiger partial charge in [0, 0.05) is 12.6 Å². The fourth-order valence-electron chi connectivity index (χ4n) is 4.66. The molecule has 4 rings (SSSR count). The molecule has 0 aromatic heterocycles. The van der Waals surface area contributed by atoms with Crippen LogP contribution in [0.4, 0.5) is 11.4 Å². The molecule has 1 saturated heterocycles. The van der Waals surface area contributed by atoms with Crippen LogP contribution in [0.25, 0.3) is 0 Å². The number of likely N-dealkylation sites (tertiary alicyclic amines) is 1. The molecule has 3 aliphatic rings. The van der Waals surface area contributed by atoms with Gasteiger partial charge in [-0.3, -0.25) is 4.90 Å². The molecule has 1 aromatic rings. The topological polar surface area (TPSA) is 55.3 Å². The molecule has 1 heterocycles. The Balaban J connectivity index is 1.74. The van der Waals surface area contributed by atoms with E-state index in [-0.39, 0.29) is 5.41 Å². The van der Waals surface area contributed by atoms with Crippen LogP contribution in [-0.4, -0.2) is 24.0 Å². The van der Waals surface area contributed by atoms with Gasteiger partial charge in [-0.25, -0.2) is 0 Å². The second-order valence-corrected chi connectivity index (χ2v) is 7.80. The Labute approximate surface area is 127 Å². The highest BCUT2D eigenvalue weighted by atomic mass is 15.2. The van der Waals surface area contributed by atoms with Crippen molar-refractivity contribution < 1.29 is 0 Å². The van der Waals surface area contributed by atoms with Gasteiger partial charge < -0.3 is 11.5 Å². The smallest absolute Gasteiger partial charge is 0.0550 e. The summed E-state index contributed by atoms with van der Waals surface area (Å²) >= 11 is 0. The van der Waals surface area contributed by atoms with E-state index in [0.717, 1.165) is 23.7 Å². The van der Waals surface area contributed by atoms with Crippen LogP contribution in [-0.2, 0) is 11.8 Å². The Kier molecular flexibility index (Phi) is 2.81. The lowest BCUT2D eigenvalue weighted by molar-refractivity contribution is 0.0285. The molecule has 2 fully saturated rings. The second kappa shape index (κ2) is 4.39. The molecule has 0 amide bonds.